The van der Waals surface area contributed by atoms with E-state index in [2.05, 4.69) is 52.5 Å². The van der Waals surface area contributed by atoms with Gasteiger partial charge >= 0.3 is 0 Å². The van der Waals surface area contributed by atoms with Crippen LogP contribution in [0.15, 0.2) is 22.9 Å². The van der Waals surface area contributed by atoms with Crippen LogP contribution in [0.1, 0.15) is 48.0 Å². The third-order valence-electron chi connectivity index (χ3n) is 4.45. The maximum atomic E-state index is 5.60. The number of ether oxygens (including phenoxy) is 1. The number of allylic oxidation sites excluding steroid dienone is 3. The second kappa shape index (κ2) is 4.73. The van der Waals surface area contributed by atoms with Gasteiger partial charge in [0.25, 0.3) is 0 Å². The fraction of sp³-hybridized carbons (Fsp3) is 0.750. The molecule has 2 aliphatic rings. The molecular weight excluding hydrogens is 222 g/mol. The SMILES string of the molecule is C/C=C1\C(=C(C)C)C(CC)C2(COC2)N1C(C)C. The highest BCUT2D eigenvalue weighted by Crippen LogP contribution is 2.52. The van der Waals surface area contributed by atoms with Crippen LogP contribution in [0.2, 0.25) is 0 Å². The highest BCUT2D eigenvalue weighted by Gasteiger charge is 2.57. The first-order chi connectivity index (χ1) is 8.49. The Hall–Kier alpha value is -0.760. The van der Waals surface area contributed by atoms with Crippen LogP contribution in [0.3, 0.4) is 0 Å². The van der Waals surface area contributed by atoms with Crippen LogP contribution in [0.4, 0.5) is 0 Å². The standard InChI is InChI=1S/C16H27NO/c1-7-13-15(11(3)4)14(8-2)17(12(5)6)16(13)9-18-10-16/h8,12-13H,7,9-10H2,1-6H3/b14-8+. The van der Waals surface area contributed by atoms with E-state index in [-0.39, 0.29) is 5.54 Å². The van der Waals surface area contributed by atoms with E-state index in [1.165, 1.54) is 17.7 Å². The molecule has 0 aromatic heterocycles. The molecule has 1 atom stereocenters. The zero-order valence-electron chi connectivity index (χ0n) is 12.7. The lowest BCUT2D eigenvalue weighted by atomic mass is 9.77. The van der Waals surface area contributed by atoms with Crippen molar-refractivity contribution in [1.82, 2.24) is 4.90 Å². The molecule has 0 N–H and O–H groups in total. The normalized spacial score (nSPS) is 28.4. The summed E-state index contributed by atoms with van der Waals surface area (Å²) >= 11 is 0. The lowest BCUT2D eigenvalue weighted by molar-refractivity contribution is -0.144. The molecule has 0 aromatic carbocycles. The fourth-order valence-corrected chi connectivity index (χ4v) is 3.91. The fourth-order valence-electron chi connectivity index (χ4n) is 3.91. The molecule has 2 heteroatoms. The van der Waals surface area contributed by atoms with E-state index in [1.54, 1.807) is 5.57 Å². The summed E-state index contributed by atoms with van der Waals surface area (Å²) in [5.41, 5.74) is 4.71. The molecule has 1 unspecified atom stereocenters. The van der Waals surface area contributed by atoms with E-state index < -0.39 is 0 Å². The predicted octanol–water partition coefficient (Wildman–Crippen LogP) is 3.75. The lowest BCUT2D eigenvalue weighted by Crippen LogP contribution is -2.63. The molecular formula is C16H27NO. The van der Waals surface area contributed by atoms with Gasteiger partial charge in [0.05, 0.1) is 18.8 Å². The highest BCUT2D eigenvalue weighted by molar-refractivity contribution is 5.45. The van der Waals surface area contributed by atoms with E-state index in [1.807, 2.05) is 0 Å². The quantitative estimate of drug-likeness (QED) is 0.739. The van der Waals surface area contributed by atoms with E-state index in [9.17, 15) is 0 Å². The van der Waals surface area contributed by atoms with E-state index in [0.29, 0.717) is 12.0 Å². The molecule has 2 aliphatic heterocycles. The molecule has 0 aromatic rings. The van der Waals surface area contributed by atoms with Gasteiger partial charge in [-0.25, -0.2) is 0 Å². The van der Waals surface area contributed by atoms with Crippen molar-refractivity contribution in [2.24, 2.45) is 5.92 Å². The predicted molar refractivity (Wildman–Crippen MR) is 76.4 cm³/mol. The summed E-state index contributed by atoms with van der Waals surface area (Å²) < 4.78 is 5.60. The van der Waals surface area contributed by atoms with Crippen LogP contribution >= 0.6 is 0 Å². The van der Waals surface area contributed by atoms with Crippen LogP contribution in [-0.2, 0) is 4.74 Å². The van der Waals surface area contributed by atoms with Gasteiger partial charge in [0, 0.05) is 17.7 Å². The van der Waals surface area contributed by atoms with Gasteiger partial charge in [0.1, 0.15) is 0 Å². The number of rotatable bonds is 2. The van der Waals surface area contributed by atoms with Crippen molar-refractivity contribution in [2.75, 3.05) is 13.2 Å². The van der Waals surface area contributed by atoms with Gasteiger partial charge in [-0.3, -0.25) is 0 Å². The zero-order chi connectivity index (χ0) is 13.5. The first-order valence-corrected chi connectivity index (χ1v) is 7.20. The molecule has 1 spiro atoms. The summed E-state index contributed by atoms with van der Waals surface area (Å²) in [6.07, 6.45) is 3.49. The molecule has 0 bridgehead atoms. The van der Waals surface area contributed by atoms with Gasteiger partial charge in [0.2, 0.25) is 0 Å². The molecule has 0 amide bonds. The van der Waals surface area contributed by atoms with Crippen molar-refractivity contribution < 1.29 is 4.74 Å². The van der Waals surface area contributed by atoms with Crippen molar-refractivity contribution in [3.8, 4) is 0 Å². The first-order valence-electron chi connectivity index (χ1n) is 7.20. The Bertz CT molecular complexity index is 384. The Kier molecular flexibility index (Phi) is 3.59. The summed E-state index contributed by atoms with van der Waals surface area (Å²) in [6.45, 7) is 15.3. The molecule has 102 valence electrons. The Morgan fingerprint density at radius 2 is 2.06 bits per heavy atom. The Morgan fingerprint density at radius 3 is 2.33 bits per heavy atom. The summed E-state index contributed by atoms with van der Waals surface area (Å²) in [7, 11) is 0. The number of hydrogen-bond acceptors (Lipinski definition) is 2. The lowest BCUT2D eigenvalue weighted by Gasteiger charge is -2.51. The van der Waals surface area contributed by atoms with Crippen molar-refractivity contribution in [3.05, 3.63) is 22.9 Å². The molecule has 0 aliphatic carbocycles. The first kappa shape index (κ1) is 13.7. The maximum absolute atomic E-state index is 5.60. The molecule has 0 radical (unpaired) electrons. The topological polar surface area (TPSA) is 12.5 Å². The summed E-state index contributed by atoms with van der Waals surface area (Å²) in [5, 5.41) is 0. The molecule has 2 heterocycles. The van der Waals surface area contributed by atoms with Gasteiger partial charge in [0.15, 0.2) is 0 Å². The van der Waals surface area contributed by atoms with Crippen molar-refractivity contribution in [3.63, 3.8) is 0 Å². The highest BCUT2D eigenvalue weighted by atomic mass is 16.5. The molecule has 2 fully saturated rings. The van der Waals surface area contributed by atoms with Crippen LogP contribution < -0.4 is 0 Å². The Labute approximate surface area is 112 Å². The third-order valence-corrected chi connectivity index (χ3v) is 4.45. The van der Waals surface area contributed by atoms with Crippen LogP contribution in [-0.4, -0.2) is 29.7 Å². The minimum absolute atomic E-state index is 0.233. The number of likely N-dealkylation sites (tertiary alicyclic amines) is 1. The maximum Gasteiger partial charge on any atom is 0.0938 e. The van der Waals surface area contributed by atoms with Crippen LogP contribution in [0.5, 0.6) is 0 Å². The van der Waals surface area contributed by atoms with E-state index in [0.717, 1.165) is 13.2 Å². The monoisotopic (exact) mass is 249 g/mol. The van der Waals surface area contributed by atoms with Crippen LogP contribution in [0, 0.1) is 5.92 Å². The second-order valence-electron chi connectivity index (χ2n) is 6.11. The van der Waals surface area contributed by atoms with Gasteiger partial charge < -0.3 is 9.64 Å². The van der Waals surface area contributed by atoms with Gasteiger partial charge in [-0.05, 0) is 46.6 Å². The van der Waals surface area contributed by atoms with E-state index >= 15 is 0 Å². The number of nitrogens with zero attached hydrogens (tertiary/aromatic N) is 1. The molecule has 2 saturated heterocycles. The molecule has 0 saturated carbocycles. The average molecular weight is 249 g/mol. The van der Waals surface area contributed by atoms with Gasteiger partial charge in [-0.15, -0.1) is 0 Å². The van der Waals surface area contributed by atoms with Crippen molar-refractivity contribution in [2.45, 2.75) is 59.5 Å². The molecule has 2 nitrogen and oxygen atoms in total. The average Bonchev–Trinajstić information content (AvgIpc) is 2.57. The Balaban J connectivity index is 2.56. The summed E-state index contributed by atoms with van der Waals surface area (Å²) in [5.74, 6) is 0.629. The second-order valence-corrected chi connectivity index (χ2v) is 6.11. The summed E-state index contributed by atoms with van der Waals surface area (Å²) in [6, 6.07) is 0.533. The largest absolute Gasteiger partial charge is 0.376 e. The number of hydrogen-bond donors (Lipinski definition) is 0. The summed E-state index contributed by atoms with van der Waals surface area (Å²) in [4.78, 5) is 2.62. The van der Waals surface area contributed by atoms with Gasteiger partial charge in [-0.1, -0.05) is 18.6 Å². The smallest absolute Gasteiger partial charge is 0.0938 e. The molecule has 18 heavy (non-hydrogen) atoms. The minimum atomic E-state index is 0.233. The third kappa shape index (κ3) is 1.65. The van der Waals surface area contributed by atoms with Crippen molar-refractivity contribution in [1.29, 1.82) is 0 Å². The van der Waals surface area contributed by atoms with E-state index in [4.69, 9.17) is 4.74 Å². The van der Waals surface area contributed by atoms with Crippen molar-refractivity contribution >= 4 is 0 Å². The van der Waals surface area contributed by atoms with Crippen LogP contribution in [0.25, 0.3) is 0 Å². The Morgan fingerprint density at radius 1 is 1.44 bits per heavy atom. The minimum Gasteiger partial charge on any atom is -0.376 e. The van der Waals surface area contributed by atoms with Gasteiger partial charge in [-0.2, -0.15) is 0 Å². The molecule has 2 rings (SSSR count). The zero-order valence-corrected chi connectivity index (χ0v) is 12.7.